The molecule has 104 valence electrons. The quantitative estimate of drug-likeness (QED) is 0.874. The molecular formula is C16H24N2O. The fourth-order valence-electron chi connectivity index (χ4n) is 2.81. The van der Waals surface area contributed by atoms with Crippen molar-refractivity contribution < 1.29 is 4.79 Å². The largest absolute Gasteiger partial charge is 0.327 e. The molecule has 3 N–H and O–H groups in total. The number of carbonyl (C=O) groups is 1. The third kappa shape index (κ3) is 4.06. The first-order valence-electron chi connectivity index (χ1n) is 7.33. The molecule has 0 aliphatic heterocycles. The predicted molar refractivity (Wildman–Crippen MR) is 79.0 cm³/mol. The molecule has 0 aromatic heterocycles. The van der Waals surface area contributed by atoms with E-state index < -0.39 is 0 Å². The van der Waals surface area contributed by atoms with Crippen LogP contribution in [0.2, 0.25) is 0 Å². The third-order valence-corrected chi connectivity index (χ3v) is 4.03. The summed E-state index contributed by atoms with van der Waals surface area (Å²) in [6.07, 6.45) is 6.09. The Kier molecular flexibility index (Phi) is 4.97. The first-order valence-corrected chi connectivity index (χ1v) is 7.33. The number of rotatable bonds is 4. The van der Waals surface area contributed by atoms with Gasteiger partial charge in [-0.25, -0.2) is 0 Å². The summed E-state index contributed by atoms with van der Waals surface area (Å²) in [7, 11) is 0. The van der Waals surface area contributed by atoms with Crippen LogP contribution in [0.15, 0.2) is 24.3 Å². The number of nitrogens with one attached hydrogen (secondary N) is 1. The lowest BCUT2D eigenvalue weighted by atomic mass is 9.83. The van der Waals surface area contributed by atoms with Crippen molar-refractivity contribution >= 4 is 11.6 Å². The number of nitrogens with two attached hydrogens (primary N) is 1. The van der Waals surface area contributed by atoms with Gasteiger partial charge in [0.25, 0.3) is 0 Å². The molecule has 2 rings (SSSR count). The van der Waals surface area contributed by atoms with Crippen LogP contribution in [0.4, 0.5) is 5.69 Å². The smallest absolute Gasteiger partial charge is 0.224 e. The molecule has 0 spiro atoms. The van der Waals surface area contributed by atoms with Crippen LogP contribution < -0.4 is 11.1 Å². The SMILES string of the molecule is CCc1cccc(NC(=O)CC2CCCCC2N)c1. The normalized spacial score (nSPS) is 23.1. The summed E-state index contributed by atoms with van der Waals surface area (Å²) in [6.45, 7) is 2.11. The van der Waals surface area contributed by atoms with Crippen LogP contribution in [0.3, 0.4) is 0 Å². The second-order valence-corrected chi connectivity index (χ2v) is 5.51. The molecule has 1 aliphatic carbocycles. The zero-order valence-corrected chi connectivity index (χ0v) is 11.7. The Labute approximate surface area is 115 Å². The molecule has 2 atom stereocenters. The first-order chi connectivity index (χ1) is 9.19. The topological polar surface area (TPSA) is 55.1 Å². The van der Waals surface area contributed by atoms with E-state index in [9.17, 15) is 4.79 Å². The van der Waals surface area contributed by atoms with Crippen molar-refractivity contribution in [3.63, 3.8) is 0 Å². The minimum atomic E-state index is 0.0932. The predicted octanol–water partition coefficient (Wildman–Crippen LogP) is 3.10. The number of hydrogen-bond acceptors (Lipinski definition) is 2. The highest BCUT2D eigenvalue weighted by atomic mass is 16.1. The Bertz CT molecular complexity index is 431. The lowest BCUT2D eigenvalue weighted by Gasteiger charge is -2.27. The highest BCUT2D eigenvalue weighted by Gasteiger charge is 2.24. The van der Waals surface area contributed by atoms with E-state index in [-0.39, 0.29) is 11.9 Å². The van der Waals surface area contributed by atoms with Crippen LogP contribution in [0.25, 0.3) is 0 Å². The third-order valence-electron chi connectivity index (χ3n) is 4.03. The van der Waals surface area contributed by atoms with Gasteiger partial charge in [-0.05, 0) is 42.9 Å². The van der Waals surface area contributed by atoms with Gasteiger partial charge in [0.05, 0.1) is 0 Å². The number of carbonyl (C=O) groups excluding carboxylic acids is 1. The van der Waals surface area contributed by atoms with E-state index in [4.69, 9.17) is 5.73 Å². The van der Waals surface area contributed by atoms with E-state index in [1.54, 1.807) is 0 Å². The Morgan fingerprint density at radius 3 is 2.89 bits per heavy atom. The lowest BCUT2D eigenvalue weighted by molar-refractivity contribution is -0.117. The Balaban J connectivity index is 1.89. The maximum absolute atomic E-state index is 12.1. The molecule has 1 aliphatic rings. The summed E-state index contributed by atoms with van der Waals surface area (Å²) in [4.78, 5) is 12.1. The van der Waals surface area contributed by atoms with Crippen LogP contribution in [-0.2, 0) is 11.2 Å². The first kappa shape index (κ1) is 14.1. The van der Waals surface area contributed by atoms with Crippen molar-refractivity contribution in [1.29, 1.82) is 0 Å². The molecule has 1 amide bonds. The van der Waals surface area contributed by atoms with E-state index in [2.05, 4.69) is 18.3 Å². The average Bonchev–Trinajstić information content (AvgIpc) is 2.41. The second kappa shape index (κ2) is 6.71. The van der Waals surface area contributed by atoms with E-state index in [0.717, 1.165) is 24.9 Å². The van der Waals surface area contributed by atoms with Crippen molar-refractivity contribution in [2.45, 2.75) is 51.5 Å². The summed E-state index contributed by atoms with van der Waals surface area (Å²) < 4.78 is 0. The van der Waals surface area contributed by atoms with Gasteiger partial charge in [0, 0.05) is 18.2 Å². The Morgan fingerprint density at radius 1 is 1.37 bits per heavy atom. The molecule has 1 aromatic carbocycles. The van der Waals surface area contributed by atoms with Gasteiger partial charge in [-0.15, -0.1) is 0 Å². The average molecular weight is 260 g/mol. The fraction of sp³-hybridized carbons (Fsp3) is 0.562. The van der Waals surface area contributed by atoms with Crippen molar-refractivity contribution in [3.05, 3.63) is 29.8 Å². The fourth-order valence-corrected chi connectivity index (χ4v) is 2.81. The molecule has 19 heavy (non-hydrogen) atoms. The number of hydrogen-bond donors (Lipinski definition) is 2. The van der Waals surface area contributed by atoms with Crippen molar-refractivity contribution in [2.75, 3.05) is 5.32 Å². The molecule has 0 bridgehead atoms. The zero-order chi connectivity index (χ0) is 13.7. The number of amides is 1. The van der Waals surface area contributed by atoms with Gasteiger partial charge in [0.2, 0.25) is 5.91 Å². The number of anilines is 1. The highest BCUT2D eigenvalue weighted by Crippen LogP contribution is 2.26. The van der Waals surface area contributed by atoms with E-state index >= 15 is 0 Å². The molecule has 1 aromatic rings. The molecule has 2 unspecified atom stereocenters. The maximum Gasteiger partial charge on any atom is 0.224 e. The second-order valence-electron chi connectivity index (χ2n) is 5.51. The van der Waals surface area contributed by atoms with Crippen molar-refractivity contribution in [2.24, 2.45) is 11.7 Å². The van der Waals surface area contributed by atoms with Crippen molar-refractivity contribution in [1.82, 2.24) is 0 Å². The lowest BCUT2D eigenvalue weighted by Crippen LogP contribution is -2.35. The van der Waals surface area contributed by atoms with Crippen LogP contribution in [-0.4, -0.2) is 11.9 Å². The van der Waals surface area contributed by atoms with E-state index in [1.165, 1.54) is 18.4 Å². The van der Waals surface area contributed by atoms with Crippen molar-refractivity contribution in [3.8, 4) is 0 Å². The van der Waals surface area contributed by atoms with Gasteiger partial charge in [0.1, 0.15) is 0 Å². The Hall–Kier alpha value is -1.35. The van der Waals surface area contributed by atoms with Gasteiger partial charge in [-0.3, -0.25) is 4.79 Å². The summed E-state index contributed by atoms with van der Waals surface area (Å²) in [5, 5.41) is 2.99. The van der Waals surface area contributed by atoms with Crippen LogP contribution in [0.1, 0.15) is 44.6 Å². The molecule has 3 heteroatoms. The number of aryl methyl sites for hydroxylation is 1. The maximum atomic E-state index is 12.1. The standard InChI is InChI=1S/C16H24N2O/c1-2-12-6-5-8-14(10-12)18-16(19)11-13-7-3-4-9-15(13)17/h5-6,8,10,13,15H,2-4,7,9,11,17H2,1H3,(H,18,19). The van der Waals surface area contributed by atoms with Crippen LogP contribution in [0, 0.1) is 5.92 Å². The van der Waals surface area contributed by atoms with Gasteiger partial charge in [-0.1, -0.05) is 31.9 Å². The van der Waals surface area contributed by atoms with E-state index in [0.29, 0.717) is 12.3 Å². The van der Waals surface area contributed by atoms with Crippen LogP contribution in [0.5, 0.6) is 0 Å². The molecule has 0 radical (unpaired) electrons. The van der Waals surface area contributed by atoms with Gasteiger partial charge in [0.15, 0.2) is 0 Å². The molecule has 1 fully saturated rings. The molecule has 3 nitrogen and oxygen atoms in total. The highest BCUT2D eigenvalue weighted by molar-refractivity contribution is 5.90. The summed E-state index contributed by atoms with van der Waals surface area (Å²) in [6, 6.07) is 8.24. The van der Waals surface area contributed by atoms with Crippen LogP contribution >= 0.6 is 0 Å². The zero-order valence-electron chi connectivity index (χ0n) is 11.7. The molecule has 1 saturated carbocycles. The van der Waals surface area contributed by atoms with Gasteiger partial charge >= 0.3 is 0 Å². The monoisotopic (exact) mass is 260 g/mol. The van der Waals surface area contributed by atoms with Gasteiger partial charge in [-0.2, -0.15) is 0 Å². The van der Waals surface area contributed by atoms with Gasteiger partial charge < -0.3 is 11.1 Å². The molecule has 0 heterocycles. The summed E-state index contributed by atoms with van der Waals surface area (Å²) >= 11 is 0. The minimum absolute atomic E-state index is 0.0932. The molecular weight excluding hydrogens is 236 g/mol. The number of benzene rings is 1. The minimum Gasteiger partial charge on any atom is -0.327 e. The Morgan fingerprint density at radius 2 is 2.16 bits per heavy atom. The summed E-state index contributed by atoms with van der Waals surface area (Å²) in [5.41, 5.74) is 8.23. The summed E-state index contributed by atoms with van der Waals surface area (Å²) in [5.74, 6) is 0.443. The molecule has 0 saturated heterocycles. The van der Waals surface area contributed by atoms with E-state index in [1.807, 2.05) is 18.2 Å².